The Morgan fingerprint density at radius 2 is 1.10 bits per heavy atom. The first kappa shape index (κ1) is 72.9. The minimum atomic E-state index is -3.83. The van der Waals surface area contributed by atoms with Gasteiger partial charge in [0, 0.05) is 147 Å². The fourth-order valence-electron chi connectivity index (χ4n) is 11.1. The van der Waals surface area contributed by atoms with Crippen LogP contribution in [-0.2, 0) is 51.0 Å². The van der Waals surface area contributed by atoms with Crippen molar-refractivity contribution in [2.75, 3.05) is 119 Å². The monoisotopic (exact) mass is 1510 g/mol. The molecule has 27 nitrogen and oxygen atoms in total. The third kappa shape index (κ3) is 19.0. The van der Waals surface area contributed by atoms with E-state index < -0.39 is 35.9 Å². The van der Waals surface area contributed by atoms with Crippen molar-refractivity contribution in [3.05, 3.63) is 210 Å². The first-order chi connectivity index (χ1) is 49.0. The summed E-state index contributed by atoms with van der Waals surface area (Å²) in [7, 11) is -11.3. The normalized spacial score (nSPS) is 14.5. The molecule has 0 bridgehead atoms. The first-order valence-electron chi connectivity index (χ1n) is 31.6. The first-order valence-corrected chi connectivity index (χ1v) is 37.7. The van der Waals surface area contributed by atoms with Gasteiger partial charge in [-0.1, -0.05) is 41.4 Å². The van der Waals surface area contributed by atoms with E-state index in [0.29, 0.717) is 100.0 Å². The molecule has 3 saturated heterocycles. The lowest BCUT2D eigenvalue weighted by Crippen LogP contribution is -2.52. The lowest BCUT2D eigenvalue weighted by molar-refractivity contribution is -0.134. The van der Waals surface area contributed by atoms with Crippen molar-refractivity contribution >= 4 is 133 Å². The van der Waals surface area contributed by atoms with Gasteiger partial charge in [0.15, 0.2) is 11.7 Å². The molecule has 3 aliphatic heterocycles. The molecule has 102 heavy (non-hydrogen) atoms. The molecule has 3 amide bonds. The molecule has 540 valence electrons. The number of hydrogen-bond acceptors (Lipinski definition) is 21. The van der Waals surface area contributed by atoms with Gasteiger partial charge in [-0.05, 0) is 128 Å². The van der Waals surface area contributed by atoms with Gasteiger partial charge in [-0.25, -0.2) is 68.7 Å². The van der Waals surface area contributed by atoms with E-state index >= 15 is 0 Å². The number of thiazole rings is 1. The highest BCUT2D eigenvalue weighted by Crippen LogP contribution is 2.28. The van der Waals surface area contributed by atoms with Gasteiger partial charge in [0.05, 0.1) is 25.2 Å². The second-order valence-electron chi connectivity index (χ2n) is 23.1. The van der Waals surface area contributed by atoms with Gasteiger partial charge in [-0.15, -0.1) is 11.3 Å². The number of ether oxygens (including phenoxy) is 1. The highest BCUT2D eigenvalue weighted by molar-refractivity contribution is 7.93. The number of halogens is 4. The highest BCUT2D eigenvalue weighted by Gasteiger charge is 2.28. The molecule has 1 atom stereocenters. The van der Waals surface area contributed by atoms with Crippen molar-refractivity contribution in [1.82, 2.24) is 49.2 Å². The van der Waals surface area contributed by atoms with Crippen molar-refractivity contribution in [2.45, 2.75) is 34.2 Å². The maximum Gasteiger partial charge on any atom is 0.264 e. The van der Waals surface area contributed by atoms with Gasteiger partial charge in [-0.2, -0.15) is 0 Å². The molecule has 0 radical (unpaired) electrons. The van der Waals surface area contributed by atoms with Crippen molar-refractivity contribution in [3.8, 4) is 5.75 Å². The van der Waals surface area contributed by atoms with E-state index in [4.69, 9.17) is 27.9 Å². The highest BCUT2D eigenvalue weighted by atomic mass is 35.5. The number of piperazine rings is 3. The molecular formula is C67H75Cl2F2N17O10S4. The smallest absolute Gasteiger partial charge is 0.264 e. The summed E-state index contributed by atoms with van der Waals surface area (Å²) in [6.45, 7) is 8.63. The van der Waals surface area contributed by atoms with Crippen LogP contribution in [0.2, 0.25) is 10.0 Å². The van der Waals surface area contributed by atoms with Crippen LogP contribution in [0.1, 0.15) is 12.6 Å². The summed E-state index contributed by atoms with van der Waals surface area (Å²) in [5.74, 6) is -0.657. The maximum atomic E-state index is 14.2. The van der Waals surface area contributed by atoms with E-state index in [1.54, 1.807) is 111 Å². The van der Waals surface area contributed by atoms with Crippen molar-refractivity contribution < 1.29 is 58.9 Å². The van der Waals surface area contributed by atoms with Gasteiger partial charge in [0.1, 0.15) is 54.8 Å². The topological polar surface area (TPSA) is 313 Å². The van der Waals surface area contributed by atoms with Crippen LogP contribution in [0.5, 0.6) is 5.75 Å². The zero-order chi connectivity index (χ0) is 72.0. The summed E-state index contributed by atoms with van der Waals surface area (Å²) in [4.78, 5) is 72.9. The summed E-state index contributed by atoms with van der Waals surface area (Å²) in [6.07, 6.45) is 8.41. The number of nitrogens with one attached hydrogen (secondary N) is 4. The average molecular weight is 1520 g/mol. The third-order valence-corrected chi connectivity index (χ3v) is 21.9. The Hall–Kier alpha value is -10.3. The second-order valence-corrected chi connectivity index (χ2v) is 29.9. The third-order valence-electron chi connectivity index (χ3n) is 16.5. The number of carbonyl (C=O) groups excluding carboxylic acids is 3. The summed E-state index contributed by atoms with van der Waals surface area (Å²) in [6, 6.07) is 38.7. The molecule has 13 rings (SSSR count). The van der Waals surface area contributed by atoms with Crippen molar-refractivity contribution in [1.29, 1.82) is 0 Å². The molecule has 3 fully saturated rings. The number of benzene rings is 6. The van der Waals surface area contributed by atoms with Crippen molar-refractivity contribution in [3.63, 3.8) is 0 Å². The number of anilines is 7. The lowest BCUT2D eigenvalue weighted by atomic mass is 10.2. The Morgan fingerprint density at radius 1 is 0.559 bits per heavy atom. The van der Waals surface area contributed by atoms with E-state index in [2.05, 4.69) is 64.1 Å². The predicted octanol–water partition coefficient (Wildman–Crippen LogP) is 9.64. The van der Waals surface area contributed by atoms with Crippen LogP contribution in [0.25, 0.3) is 10.9 Å². The molecule has 4 N–H and O–H groups in total. The number of carbonyl (C=O) groups is 3. The van der Waals surface area contributed by atoms with E-state index in [-0.39, 0.29) is 79.9 Å². The minimum absolute atomic E-state index is 0. The van der Waals surface area contributed by atoms with E-state index in [1.165, 1.54) is 85.2 Å². The van der Waals surface area contributed by atoms with Gasteiger partial charge in [0.2, 0.25) is 17.8 Å². The molecule has 0 spiro atoms. The van der Waals surface area contributed by atoms with E-state index in [1.807, 2.05) is 30.0 Å². The summed E-state index contributed by atoms with van der Waals surface area (Å²) in [5.41, 5.74) is 3.87. The van der Waals surface area contributed by atoms with Crippen LogP contribution in [0.15, 0.2) is 203 Å². The molecule has 1 unspecified atom stereocenters. The minimum Gasteiger partial charge on any atom is -0.484 e. The van der Waals surface area contributed by atoms with Crippen LogP contribution in [0.4, 0.5) is 48.4 Å². The lowest BCUT2D eigenvalue weighted by Gasteiger charge is -2.37. The molecule has 7 heterocycles. The Bertz CT molecular complexity index is 4900. The molecule has 35 heteroatoms. The van der Waals surface area contributed by atoms with Gasteiger partial charge < -0.3 is 44.0 Å². The Kier molecular flexibility index (Phi) is 23.6. The fourth-order valence-corrected chi connectivity index (χ4v) is 15.3. The zero-order valence-corrected chi connectivity index (χ0v) is 59.2. The van der Waals surface area contributed by atoms with Crippen LogP contribution in [-0.4, -0.2) is 183 Å². The molecule has 0 saturated carbocycles. The van der Waals surface area contributed by atoms with Gasteiger partial charge in [-0.3, -0.25) is 23.8 Å². The summed E-state index contributed by atoms with van der Waals surface area (Å²) in [5, 5.41) is 6.53. The molecule has 4 aromatic heterocycles. The number of fused-ring (bicyclic) bond motifs is 1. The molecule has 3 aliphatic rings. The predicted molar refractivity (Wildman–Crippen MR) is 394 cm³/mol. The average Bonchev–Trinajstić information content (AvgIpc) is 1.72. The summed E-state index contributed by atoms with van der Waals surface area (Å²) < 4.78 is 117. The number of nitrogens with zero attached hydrogens (tertiary/aromatic N) is 13. The van der Waals surface area contributed by atoms with Crippen LogP contribution >= 0.6 is 34.5 Å². The van der Waals surface area contributed by atoms with E-state index in [0.717, 1.165) is 28.1 Å². The van der Waals surface area contributed by atoms with E-state index in [9.17, 15) is 48.4 Å². The fraction of sp³-hybridized carbons (Fsp3) is 0.239. The number of amides is 3. The quantitative estimate of drug-likeness (QED) is 0.0551. The number of rotatable bonds is 20. The Morgan fingerprint density at radius 3 is 1.64 bits per heavy atom. The zero-order valence-electron chi connectivity index (χ0n) is 54.4. The Balaban J connectivity index is 0.000000218. The van der Waals surface area contributed by atoms with Gasteiger partial charge >= 0.3 is 0 Å². The second kappa shape index (κ2) is 33.0. The SMILES string of the molecule is CC(Nc1cccc(Cl)c1)C(=O)N1CCN(c2ccc(S(=O)(=O)Nc3ccncn3)cc2)CC1.O=C(COc1ccc(F)c(Cl)c1)N1CCN(c2ccc(S(=O)(=O)Nc3ncncn3)cc2)CC1.O=C(Cn1ccc2cccc(F)c21)N1CCN(c2ccc(S(=O)(=O)Nc3nccs3)cc2)CC1.[HH].[HH].[HH].[HH]. The number of sulfonamides is 3. The number of aromatic nitrogens is 7. The van der Waals surface area contributed by atoms with Crippen LogP contribution < -0.4 is 38.9 Å². The maximum absolute atomic E-state index is 14.2. The van der Waals surface area contributed by atoms with Crippen LogP contribution in [0.3, 0.4) is 0 Å². The van der Waals surface area contributed by atoms with Crippen LogP contribution in [0, 0.1) is 11.6 Å². The number of para-hydroxylation sites is 1. The Labute approximate surface area is 606 Å². The molecule has 6 aromatic carbocycles. The molecular weight excluding hydrogens is 1440 g/mol. The molecule has 0 aliphatic carbocycles. The number of hydrogen-bond donors (Lipinski definition) is 4. The summed E-state index contributed by atoms with van der Waals surface area (Å²) >= 11 is 13.0. The molecule has 10 aromatic rings. The standard InChI is InChI=1S/C23H25ClN6O3S.C23H22FN5O3S2.C21H20ClFN6O4S.4H2/c1-17(27-19-4-2-3-18(24)15-19)23(31)30-13-11-29(12-14-30)20-5-7-21(8-6-20)34(32,33)28-22-9-10-25-16-26-22;24-20-3-1-2-17-8-10-29(22(17)20)16-21(30)28-13-11-27(12-14-28)18-4-6-19(7-5-18)34(31,32)26-23-25-9-15-33-23;22-18-11-16(3-6-19(18)23)33-12-20(30)29-9-7-28(8-10-29)15-1-4-17(5-2-15)34(31,32)27-21-25-13-24-14-26-21;;;;/h2-10,15-17,27H,11-14H2,1H3,(H,25,26,28);1-10,15H,11-14,16H2,(H,25,26);1-6,11,13-14H,7-10,12H2,(H,24,25,26,27);4*1H. The van der Waals surface area contributed by atoms with Crippen molar-refractivity contribution in [2.24, 2.45) is 0 Å². The largest absolute Gasteiger partial charge is 0.484 e. The van der Waals surface area contributed by atoms with Gasteiger partial charge in [0.25, 0.3) is 36.0 Å².